The molecule has 0 saturated carbocycles. The Morgan fingerprint density at radius 3 is 2.24 bits per heavy atom. The lowest BCUT2D eigenvalue weighted by Crippen LogP contribution is -2.31. The summed E-state index contributed by atoms with van der Waals surface area (Å²) in [5.41, 5.74) is 1.60. The summed E-state index contributed by atoms with van der Waals surface area (Å²) in [6, 6.07) is 12.1. The van der Waals surface area contributed by atoms with E-state index in [-0.39, 0.29) is 10.8 Å². The van der Waals surface area contributed by atoms with Crippen molar-refractivity contribution in [2.75, 3.05) is 18.4 Å². The summed E-state index contributed by atoms with van der Waals surface area (Å²) >= 11 is 2.19. The molecule has 2 aromatic carbocycles. The molecule has 0 aliphatic carbocycles. The van der Waals surface area contributed by atoms with Crippen LogP contribution in [0.25, 0.3) is 0 Å². The van der Waals surface area contributed by atoms with Crippen LogP contribution in [-0.4, -0.2) is 31.7 Å². The average molecular weight is 472 g/mol. The van der Waals surface area contributed by atoms with Crippen molar-refractivity contribution in [1.29, 1.82) is 0 Å². The van der Waals surface area contributed by atoms with E-state index in [9.17, 15) is 13.2 Å². The van der Waals surface area contributed by atoms with E-state index in [0.29, 0.717) is 29.9 Å². The third kappa shape index (κ3) is 4.59. The lowest BCUT2D eigenvalue weighted by molar-refractivity contribution is 0.102. The highest BCUT2D eigenvalue weighted by Crippen LogP contribution is 2.22. The SMILES string of the molecule is CCN(CC)S(=O)(=O)c1cc(C(=O)Nc2ccc(I)cc2)ccc1C. The Bertz CT molecular complexity index is 860. The van der Waals surface area contributed by atoms with E-state index in [4.69, 9.17) is 0 Å². The van der Waals surface area contributed by atoms with Crippen LogP contribution in [0.3, 0.4) is 0 Å². The summed E-state index contributed by atoms with van der Waals surface area (Å²) in [7, 11) is -3.61. The fourth-order valence-electron chi connectivity index (χ4n) is 2.46. The normalized spacial score (nSPS) is 11.6. The Labute approximate surface area is 162 Å². The molecule has 0 aliphatic rings. The Kier molecular flexibility index (Phi) is 6.59. The zero-order chi connectivity index (χ0) is 18.6. The minimum Gasteiger partial charge on any atom is -0.322 e. The van der Waals surface area contributed by atoms with Crippen LogP contribution < -0.4 is 5.32 Å². The molecule has 0 unspecified atom stereocenters. The summed E-state index contributed by atoms with van der Waals surface area (Å²) < 4.78 is 28.0. The van der Waals surface area contributed by atoms with Gasteiger partial charge in [-0.05, 0) is 71.5 Å². The van der Waals surface area contributed by atoms with Crippen LogP contribution in [0.1, 0.15) is 29.8 Å². The van der Waals surface area contributed by atoms with Gasteiger partial charge in [-0.2, -0.15) is 4.31 Å². The maximum Gasteiger partial charge on any atom is 0.255 e. The number of nitrogens with one attached hydrogen (secondary N) is 1. The number of hydrogen-bond acceptors (Lipinski definition) is 3. The second-order valence-electron chi connectivity index (χ2n) is 5.53. The van der Waals surface area contributed by atoms with Crippen molar-refractivity contribution in [2.45, 2.75) is 25.7 Å². The van der Waals surface area contributed by atoms with Crippen molar-refractivity contribution < 1.29 is 13.2 Å². The molecule has 7 heteroatoms. The number of rotatable bonds is 6. The molecule has 134 valence electrons. The molecule has 0 spiro atoms. The summed E-state index contributed by atoms with van der Waals surface area (Å²) in [5.74, 6) is -0.336. The van der Waals surface area contributed by atoms with Crippen molar-refractivity contribution in [3.8, 4) is 0 Å². The minimum atomic E-state index is -3.61. The number of amides is 1. The van der Waals surface area contributed by atoms with Crippen molar-refractivity contribution in [2.24, 2.45) is 0 Å². The topological polar surface area (TPSA) is 66.5 Å². The van der Waals surface area contributed by atoms with Gasteiger partial charge in [-0.15, -0.1) is 0 Å². The van der Waals surface area contributed by atoms with E-state index >= 15 is 0 Å². The third-order valence-corrected chi connectivity index (χ3v) is 6.79. The standard InChI is InChI=1S/C18H21IN2O3S/c1-4-21(5-2)25(23,24)17-12-14(7-6-13(17)3)18(22)20-16-10-8-15(19)9-11-16/h6-12H,4-5H2,1-3H3,(H,20,22). The Morgan fingerprint density at radius 1 is 1.08 bits per heavy atom. The van der Waals surface area contributed by atoms with Crippen molar-refractivity contribution in [1.82, 2.24) is 4.31 Å². The summed E-state index contributed by atoms with van der Waals surface area (Å²) in [5, 5.41) is 2.79. The van der Waals surface area contributed by atoms with E-state index < -0.39 is 10.0 Å². The van der Waals surface area contributed by atoms with Crippen LogP contribution in [0.4, 0.5) is 5.69 Å². The van der Waals surface area contributed by atoms with Crippen LogP contribution in [0.5, 0.6) is 0 Å². The maximum atomic E-state index is 12.8. The van der Waals surface area contributed by atoms with E-state index in [1.54, 1.807) is 45.0 Å². The summed E-state index contributed by atoms with van der Waals surface area (Å²) in [4.78, 5) is 12.6. The molecule has 0 bridgehead atoms. The van der Waals surface area contributed by atoms with Crippen LogP contribution in [0.15, 0.2) is 47.4 Å². The predicted octanol–water partition coefficient (Wildman–Crippen LogP) is 3.88. The van der Waals surface area contributed by atoms with Gasteiger partial charge in [-0.25, -0.2) is 8.42 Å². The van der Waals surface area contributed by atoms with Gasteiger partial charge in [-0.1, -0.05) is 19.9 Å². The monoisotopic (exact) mass is 472 g/mol. The molecule has 5 nitrogen and oxygen atoms in total. The van der Waals surface area contributed by atoms with Gasteiger partial charge < -0.3 is 5.32 Å². The van der Waals surface area contributed by atoms with Crippen LogP contribution >= 0.6 is 22.6 Å². The molecule has 0 radical (unpaired) electrons. The molecule has 0 heterocycles. The fourth-order valence-corrected chi connectivity index (χ4v) is 4.53. The van der Waals surface area contributed by atoms with E-state index in [1.165, 1.54) is 10.4 Å². The first-order valence-electron chi connectivity index (χ1n) is 7.97. The molecular weight excluding hydrogens is 451 g/mol. The third-order valence-electron chi connectivity index (χ3n) is 3.88. The van der Waals surface area contributed by atoms with Gasteiger partial charge >= 0.3 is 0 Å². The number of halogens is 1. The molecule has 0 saturated heterocycles. The van der Waals surface area contributed by atoms with Gasteiger partial charge in [-0.3, -0.25) is 4.79 Å². The molecule has 1 amide bonds. The molecular formula is C18H21IN2O3S. The summed E-state index contributed by atoms with van der Waals surface area (Å²) in [6.07, 6.45) is 0. The second-order valence-corrected chi connectivity index (χ2v) is 8.68. The van der Waals surface area contributed by atoms with Crippen molar-refractivity contribution in [3.63, 3.8) is 0 Å². The second kappa shape index (κ2) is 8.29. The number of sulfonamides is 1. The maximum absolute atomic E-state index is 12.8. The van der Waals surface area contributed by atoms with Crippen LogP contribution in [-0.2, 0) is 10.0 Å². The van der Waals surface area contributed by atoms with E-state index in [0.717, 1.165) is 3.57 Å². The number of nitrogens with zero attached hydrogens (tertiary/aromatic N) is 1. The highest BCUT2D eigenvalue weighted by atomic mass is 127. The number of anilines is 1. The molecule has 2 aromatic rings. The minimum absolute atomic E-state index is 0.173. The number of carbonyl (C=O) groups is 1. The molecule has 0 atom stereocenters. The largest absolute Gasteiger partial charge is 0.322 e. The first kappa shape index (κ1) is 19.9. The number of aryl methyl sites for hydroxylation is 1. The lowest BCUT2D eigenvalue weighted by atomic mass is 10.1. The van der Waals surface area contributed by atoms with Crippen LogP contribution in [0, 0.1) is 10.5 Å². The van der Waals surface area contributed by atoms with E-state index in [1.807, 2.05) is 12.1 Å². The Hall–Kier alpha value is -1.45. The number of carbonyl (C=O) groups excluding carboxylic acids is 1. The molecule has 0 fully saturated rings. The number of benzene rings is 2. The molecule has 2 rings (SSSR count). The highest BCUT2D eigenvalue weighted by molar-refractivity contribution is 14.1. The fraction of sp³-hybridized carbons (Fsp3) is 0.278. The van der Waals surface area contributed by atoms with Crippen LogP contribution in [0.2, 0.25) is 0 Å². The first-order chi connectivity index (χ1) is 11.8. The van der Waals surface area contributed by atoms with E-state index in [2.05, 4.69) is 27.9 Å². The quantitative estimate of drug-likeness (QED) is 0.649. The molecule has 25 heavy (non-hydrogen) atoms. The van der Waals surface area contributed by atoms with Gasteiger partial charge in [0.25, 0.3) is 5.91 Å². The molecule has 0 aromatic heterocycles. The predicted molar refractivity (Wildman–Crippen MR) is 108 cm³/mol. The summed E-state index contributed by atoms with van der Waals surface area (Å²) in [6.45, 7) is 6.10. The molecule has 1 N–H and O–H groups in total. The van der Waals surface area contributed by atoms with Gasteiger partial charge in [0.2, 0.25) is 10.0 Å². The first-order valence-corrected chi connectivity index (χ1v) is 10.5. The van der Waals surface area contributed by atoms with Crippen molar-refractivity contribution in [3.05, 3.63) is 57.2 Å². The molecule has 0 aliphatic heterocycles. The zero-order valence-corrected chi connectivity index (χ0v) is 17.4. The van der Waals surface area contributed by atoms with Gasteiger partial charge in [0.1, 0.15) is 0 Å². The Morgan fingerprint density at radius 2 is 1.68 bits per heavy atom. The van der Waals surface area contributed by atoms with Gasteiger partial charge in [0.15, 0.2) is 0 Å². The Balaban J connectivity index is 2.35. The smallest absolute Gasteiger partial charge is 0.255 e. The van der Waals surface area contributed by atoms with Gasteiger partial charge in [0.05, 0.1) is 4.90 Å². The average Bonchev–Trinajstić information content (AvgIpc) is 2.58. The zero-order valence-electron chi connectivity index (χ0n) is 14.4. The van der Waals surface area contributed by atoms with Gasteiger partial charge in [0, 0.05) is 27.9 Å². The number of hydrogen-bond donors (Lipinski definition) is 1. The highest BCUT2D eigenvalue weighted by Gasteiger charge is 2.24. The lowest BCUT2D eigenvalue weighted by Gasteiger charge is -2.20. The van der Waals surface area contributed by atoms with Crippen molar-refractivity contribution >= 4 is 44.2 Å².